The van der Waals surface area contributed by atoms with Crippen molar-refractivity contribution in [2.24, 2.45) is 0 Å². The second-order valence-electron chi connectivity index (χ2n) is 5.69. The SMILES string of the molecule is C[C@@H](Oc1cccc(Cl)c1Cl)C(=O)N[C@@H]1CCSc2ccc(F)cc21. The molecule has 132 valence electrons. The van der Waals surface area contributed by atoms with Crippen LogP contribution in [0.4, 0.5) is 4.39 Å². The van der Waals surface area contributed by atoms with E-state index in [0.717, 1.165) is 22.6 Å². The number of carbonyl (C=O) groups is 1. The Balaban J connectivity index is 1.70. The largest absolute Gasteiger partial charge is 0.479 e. The molecule has 0 saturated carbocycles. The molecule has 3 nitrogen and oxygen atoms in total. The van der Waals surface area contributed by atoms with Crippen LogP contribution >= 0.6 is 35.0 Å². The van der Waals surface area contributed by atoms with E-state index in [9.17, 15) is 9.18 Å². The molecular formula is C18H16Cl2FNO2S. The first-order valence-corrected chi connectivity index (χ1v) is 9.53. The summed E-state index contributed by atoms with van der Waals surface area (Å²) < 4.78 is 19.2. The Morgan fingerprint density at radius 2 is 2.16 bits per heavy atom. The molecule has 2 aromatic rings. The predicted octanol–water partition coefficient (Wildman–Crippen LogP) is 5.25. The number of rotatable bonds is 4. The summed E-state index contributed by atoms with van der Waals surface area (Å²) in [6.45, 7) is 1.64. The third kappa shape index (κ3) is 4.22. The van der Waals surface area contributed by atoms with Crippen molar-refractivity contribution >= 4 is 40.9 Å². The summed E-state index contributed by atoms with van der Waals surface area (Å²) in [5, 5.41) is 3.57. The average Bonchev–Trinajstić information content (AvgIpc) is 2.59. The third-order valence-electron chi connectivity index (χ3n) is 3.92. The zero-order chi connectivity index (χ0) is 18.0. The Bertz CT molecular complexity index is 803. The molecule has 3 rings (SSSR count). The second-order valence-corrected chi connectivity index (χ2v) is 7.61. The minimum Gasteiger partial charge on any atom is -0.479 e. The van der Waals surface area contributed by atoms with Gasteiger partial charge < -0.3 is 10.1 Å². The Morgan fingerprint density at radius 1 is 1.36 bits per heavy atom. The molecule has 0 aliphatic carbocycles. The van der Waals surface area contributed by atoms with E-state index in [4.69, 9.17) is 27.9 Å². The molecule has 1 aliphatic rings. The lowest BCUT2D eigenvalue weighted by molar-refractivity contribution is -0.128. The van der Waals surface area contributed by atoms with Crippen LogP contribution in [0.3, 0.4) is 0 Å². The number of hydrogen-bond donors (Lipinski definition) is 1. The van der Waals surface area contributed by atoms with E-state index < -0.39 is 6.10 Å². The molecule has 0 fully saturated rings. The first-order chi connectivity index (χ1) is 12.0. The summed E-state index contributed by atoms with van der Waals surface area (Å²) in [7, 11) is 0. The molecule has 2 aromatic carbocycles. The Hall–Kier alpha value is -1.43. The highest BCUT2D eigenvalue weighted by atomic mass is 35.5. The van der Waals surface area contributed by atoms with Gasteiger partial charge in [-0.15, -0.1) is 11.8 Å². The molecule has 1 aliphatic heterocycles. The molecule has 0 spiro atoms. The number of fused-ring (bicyclic) bond motifs is 1. The fraction of sp³-hybridized carbons (Fsp3) is 0.278. The monoisotopic (exact) mass is 399 g/mol. The number of halogens is 3. The summed E-state index contributed by atoms with van der Waals surface area (Å²) in [6, 6.07) is 9.42. The van der Waals surface area contributed by atoms with Crippen molar-refractivity contribution in [1.29, 1.82) is 0 Å². The van der Waals surface area contributed by atoms with Crippen molar-refractivity contribution in [2.45, 2.75) is 30.4 Å². The van der Waals surface area contributed by atoms with Crippen LogP contribution in [0.1, 0.15) is 24.9 Å². The van der Waals surface area contributed by atoms with E-state index in [0.29, 0.717) is 10.8 Å². The first-order valence-electron chi connectivity index (χ1n) is 7.79. The van der Waals surface area contributed by atoms with Crippen molar-refractivity contribution in [3.63, 3.8) is 0 Å². The highest BCUT2D eigenvalue weighted by molar-refractivity contribution is 7.99. The maximum absolute atomic E-state index is 13.6. The predicted molar refractivity (Wildman–Crippen MR) is 99.2 cm³/mol. The Morgan fingerprint density at radius 3 is 2.96 bits per heavy atom. The van der Waals surface area contributed by atoms with E-state index in [1.54, 1.807) is 43.0 Å². The lowest BCUT2D eigenvalue weighted by Gasteiger charge is -2.27. The minimum atomic E-state index is -0.762. The molecular weight excluding hydrogens is 384 g/mol. The number of amides is 1. The molecule has 2 atom stereocenters. The Kier molecular flexibility index (Phi) is 5.77. The third-order valence-corrected chi connectivity index (χ3v) is 5.84. The molecule has 1 amide bonds. The van der Waals surface area contributed by atoms with Gasteiger partial charge in [0.05, 0.1) is 11.1 Å². The van der Waals surface area contributed by atoms with Gasteiger partial charge in [0.15, 0.2) is 6.10 Å². The van der Waals surface area contributed by atoms with Gasteiger partial charge in [-0.3, -0.25) is 4.79 Å². The standard InChI is InChI=1S/C18H16Cl2FNO2S/c1-10(24-15-4-2-3-13(19)17(15)20)18(23)22-14-7-8-25-16-6-5-11(21)9-12(14)16/h2-6,9-10,14H,7-8H2,1H3,(H,22,23)/t10-,14-/m1/s1. The minimum absolute atomic E-state index is 0.236. The molecule has 0 saturated heterocycles. The van der Waals surface area contributed by atoms with Crippen molar-refractivity contribution in [2.75, 3.05) is 5.75 Å². The number of hydrogen-bond acceptors (Lipinski definition) is 3. The van der Waals surface area contributed by atoms with E-state index in [2.05, 4.69) is 5.32 Å². The van der Waals surface area contributed by atoms with Crippen molar-refractivity contribution in [1.82, 2.24) is 5.32 Å². The summed E-state index contributed by atoms with van der Waals surface area (Å²) in [6.07, 6.45) is -0.0279. The fourth-order valence-corrected chi connectivity index (χ4v) is 4.07. The normalized spacial score (nSPS) is 17.5. The van der Waals surface area contributed by atoms with Gasteiger partial charge in [0.1, 0.15) is 16.6 Å². The van der Waals surface area contributed by atoms with Crippen LogP contribution in [0, 0.1) is 5.82 Å². The van der Waals surface area contributed by atoms with Crippen molar-refractivity contribution in [3.8, 4) is 5.75 Å². The van der Waals surface area contributed by atoms with Crippen LogP contribution in [-0.4, -0.2) is 17.8 Å². The van der Waals surface area contributed by atoms with E-state index in [1.165, 1.54) is 12.1 Å². The van der Waals surface area contributed by atoms with Crippen LogP contribution in [0.15, 0.2) is 41.3 Å². The van der Waals surface area contributed by atoms with Gasteiger partial charge >= 0.3 is 0 Å². The number of nitrogens with one attached hydrogen (secondary N) is 1. The van der Waals surface area contributed by atoms with Crippen LogP contribution < -0.4 is 10.1 Å². The summed E-state index contributed by atoms with van der Waals surface area (Å²) in [5.41, 5.74) is 0.803. The van der Waals surface area contributed by atoms with Crippen LogP contribution in [0.25, 0.3) is 0 Å². The summed E-state index contributed by atoms with van der Waals surface area (Å²) in [4.78, 5) is 13.5. The van der Waals surface area contributed by atoms with Gasteiger partial charge in [-0.05, 0) is 49.2 Å². The van der Waals surface area contributed by atoms with Gasteiger partial charge in [0, 0.05) is 10.6 Å². The van der Waals surface area contributed by atoms with E-state index >= 15 is 0 Å². The number of ether oxygens (including phenoxy) is 1. The Labute approximate surface area is 159 Å². The lowest BCUT2D eigenvalue weighted by atomic mass is 10.0. The fourth-order valence-electron chi connectivity index (χ4n) is 2.62. The van der Waals surface area contributed by atoms with Gasteiger partial charge in [-0.2, -0.15) is 0 Å². The van der Waals surface area contributed by atoms with E-state index in [-0.39, 0.29) is 22.8 Å². The highest BCUT2D eigenvalue weighted by Crippen LogP contribution is 2.37. The summed E-state index contributed by atoms with van der Waals surface area (Å²) >= 11 is 13.7. The second kappa shape index (κ2) is 7.85. The smallest absolute Gasteiger partial charge is 0.261 e. The zero-order valence-electron chi connectivity index (χ0n) is 13.4. The van der Waals surface area contributed by atoms with Gasteiger partial charge in [-0.25, -0.2) is 4.39 Å². The average molecular weight is 400 g/mol. The number of carbonyl (C=O) groups excluding carboxylic acids is 1. The molecule has 1 N–H and O–H groups in total. The maximum atomic E-state index is 13.6. The topological polar surface area (TPSA) is 38.3 Å². The van der Waals surface area contributed by atoms with Crippen LogP contribution in [0.5, 0.6) is 5.75 Å². The van der Waals surface area contributed by atoms with Crippen LogP contribution in [0.2, 0.25) is 10.0 Å². The number of benzene rings is 2. The lowest BCUT2D eigenvalue weighted by Crippen LogP contribution is -2.39. The van der Waals surface area contributed by atoms with Gasteiger partial charge in [0.25, 0.3) is 5.91 Å². The zero-order valence-corrected chi connectivity index (χ0v) is 15.7. The van der Waals surface area contributed by atoms with E-state index in [1.807, 2.05) is 0 Å². The molecule has 0 bridgehead atoms. The molecule has 1 heterocycles. The van der Waals surface area contributed by atoms with Crippen LogP contribution in [-0.2, 0) is 4.79 Å². The quantitative estimate of drug-likeness (QED) is 0.762. The molecule has 0 unspecified atom stereocenters. The first kappa shape index (κ1) is 18.4. The van der Waals surface area contributed by atoms with Gasteiger partial charge in [-0.1, -0.05) is 29.3 Å². The molecule has 25 heavy (non-hydrogen) atoms. The molecule has 7 heteroatoms. The van der Waals surface area contributed by atoms with Crippen molar-refractivity contribution in [3.05, 3.63) is 57.8 Å². The van der Waals surface area contributed by atoms with Crippen molar-refractivity contribution < 1.29 is 13.9 Å². The summed E-state index contributed by atoms with van der Waals surface area (Å²) in [5.74, 6) is 0.611. The molecule has 0 radical (unpaired) electrons. The number of thioether (sulfide) groups is 1. The van der Waals surface area contributed by atoms with Gasteiger partial charge in [0.2, 0.25) is 0 Å². The molecule has 0 aromatic heterocycles. The highest BCUT2D eigenvalue weighted by Gasteiger charge is 2.26. The maximum Gasteiger partial charge on any atom is 0.261 e.